The molecule has 0 aliphatic heterocycles. The SMILES string of the molecule is CCC1CCc2c(sc3ncn4nc(Cn5cnc([N+](=O)[O-])n5)nc4c23)C1. The third-order valence-corrected chi connectivity index (χ3v) is 6.26. The number of nitrogens with zero attached hydrogens (tertiary/aromatic N) is 8. The van der Waals surface area contributed by atoms with Crippen molar-refractivity contribution in [2.45, 2.75) is 39.2 Å². The Labute approximate surface area is 157 Å². The van der Waals surface area contributed by atoms with E-state index in [9.17, 15) is 10.1 Å². The molecule has 1 atom stereocenters. The average Bonchev–Trinajstić information content (AvgIpc) is 3.36. The Morgan fingerprint density at radius 1 is 1.33 bits per heavy atom. The lowest BCUT2D eigenvalue weighted by Crippen LogP contribution is -2.11. The van der Waals surface area contributed by atoms with Crippen molar-refractivity contribution in [2.24, 2.45) is 5.92 Å². The van der Waals surface area contributed by atoms with Gasteiger partial charge in [-0.25, -0.2) is 14.5 Å². The highest BCUT2D eigenvalue weighted by Gasteiger charge is 2.25. The van der Waals surface area contributed by atoms with Crippen molar-refractivity contribution < 1.29 is 4.92 Å². The van der Waals surface area contributed by atoms with E-state index in [4.69, 9.17) is 0 Å². The Hall–Kier alpha value is -2.95. The van der Waals surface area contributed by atoms with Crippen molar-refractivity contribution in [3.8, 4) is 0 Å². The monoisotopic (exact) mass is 384 g/mol. The molecule has 27 heavy (non-hydrogen) atoms. The Balaban J connectivity index is 1.56. The van der Waals surface area contributed by atoms with Crippen molar-refractivity contribution >= 4 is 33.1 Å². The molecule has 4 aromatic rings. The van der Waals surface area contributed by atoms with E-state index in [0.29, 0.717) is 5.82 Å². The Bertz CT molecular complexity index is 1180. The maximum absolute atomic E-state index is 10.7. The van der Waals surface area contributed by atoms with Crippen LogP contribution in [0.4, 0.5) is 5.95 Å². The molecule has 0 saturated heterocycles. The van der Waals surface area contributed by atoms with Gasteiger partial charge in [0.15, 0.2) is 11.5 Å². The topological polar surface area (TPSA) is 117 Å². The van der Waals surface area contributed by atoms with E-state index >= 15 is 0 Å². The summed E-state index contributed by atoms with van der Waals surface area (Å²) in [5.74, 6) is 0.838. The summed E-state index contributed by atoms with van der Waals surface area (Å²) in [6.45, 7) is 2.47. The molecular formula is C16H16N8O2S. The fourth-order valence-electron chi connectivity index (χ4n) is 3.69. The molecule has 0 amide bonds. The minimum Gasteiger partial charge on any atom is -0.390 e. The standard InChI is InChI=1S/C16H16N8O2S/c1-2-9-3-4-10-11(5-9)27-15-13(10)14-19-12(20-23(14)8-17-15)6-22-7-18-16(21-22)24(25)26/h7-9H,2-6H2,1H3. The maximum atomic E-state index is 10.7. The zero-order valence-electron chi connectivity index (χ0n) is 14.6. The summed E-state index contributed by atoms with van der Waals surface area (Å²) in [7, 11) is 0. The number of hydrogen-bond donors (Lipinski definition) is 0. The summed E-state index contributed by atoms with van der Waals surface area (Å²) in [5.41, 5.74) is 2.14. The number of aryl methyl sites for hydroxylation is 1. The number of aromatic nitrogens is 7. The van der Waals surface area contributed by atoms with Crippen molar-refractivity contribution in [2.75, 3.05) is 0 Å². The molecule has 138 valence electrons. The first-order chi connectivity index (χ1) is 13.1. The Kier molecular flexibility index (Phi) is 3.64. The summed E-state index contributed by atoms with van der Waals surface area (Å²) in [4.78, 5) is 25.4. The van der Waals surface area contributed by atoms with Gasteiger partial charge in [0.1, 0.15) is 17.7 Å². The summed E-state index contributed by atoms with van der Waals surface area (Å²) in [6.07, 6.45) is 7.55. The van der Waals surface area contributed by atoms with Crippen LogP contribution in [-0.2, 0) is 19.4 Å². The van der Waals surface area contributed by atoms with Crippen LogP contribution >= 0.6 is 11.3 Å². The fraction of sp³-hybridized carbons (Fsp3) is 0.438. The molecular weight excluding hydrogens is 368 g/mol. The van der Waals surface area contributed by atoms with E-state index in [2.05, 4.69) is 32.1 Å². The first-order valence-electron chi connectivity index (χ1n) is 8.80. The van der Waals surface area contributed by atoms with Gasteiger partial charge in [0.25, 0.3) is 0 Å². The molecule has 10 nitrogen and oxygen atoms in total. The molecule has 1 aliphatic carbocycles. The van der Waals surface area contributed by atoms with Crippen LogP contribution in [-0.4, -0.2) is 39.3 Å². The third kappa shape index (κ3) is 2.65. The number of fused-ring (bicyclic) bond motifs is 5. The number of rotatable bonds is 4. The van der Waals surface area contributed by atoms with Crippen LogP contribution in [0.3, 0.4) is 0 Å². The van der Waals surface area contributed by atoms with Crippen LogP contribution in [0.15, 0.2) is 12.7 Å². The predicted octanol–water partition coefficient (Wildman–Crippen LogP) is 2.40. The third-order valence-electron chi connectivity index (χ3n) is 5.10. The highest BCUT2D eigenvalue weighted by Crippen LogP contribution is 2.39. The Morgan fingerprint density at radius 2 is 2.22 bits per heavy atom. The molecule has 0 radical (unpaired) electrons. The van der Waals surface area contributed by atoms with Gasteiger partial charge < -0.3 is 10.1 Å². The van der Waals surface area contributed by atoms with Crippen LogP contribution in [0.1, 0.15) is 36.0 Å². The summed E-state index contributed by atoms with van der Waals surface area (Å²) in [5, 5.41) is 20.1. The number of thiophene rings is 1. The highest BCUT2D eigenvalue weighted by atomic mass is 32.1. The van der Waals surface area contributed by atoms with E-state index < -0.39 is 10.9 Å². The van der Waals surface area contributed by atoms with E-state index in [1.807, 2.05) is 0 Å². The molecule has 0 aromatic carbocycles. The predicted molar refractivity (Wildman–Crippen MR) is 97.7 cm³/mol. The van der Waals surface area contributed by atoms with E-state index in [1.54, 1.807) is 22.2 Å². The largest absolute Gasteiger partial charge is 0.490 e. The maximum Gasteiger partial charge on any atom is 0.490 e. The van der Waals surface area contributed by atoms with Crippen LogP contribution in [0, 0.1) is 16.0 Å². The summed E-state index contributed by atoms with van der Waals surface area (Å²) < 4.78 is 3.05. The molecule has 0 spiro atoms. The van der Waals surface area contributed by atoms with E-state index in [0.717, 1.165) is 34.6 Å². The summed E-state index contributed by atoms with van der Waals surface area (Å²) in [6, 6.07) is 0. The minimum atomic E-state index is -0.623. The van der Waals surface area contributed by atoms with E-state index in [-0.39, 0.29) is 6.54 Å². The lowest BCUT2D eigenvalue weighted by molar-refractivity contribution is -0.394. The molecule has 0 saturated carbocycles. The first-order valence-corrected chi connectivity index (χ1v) is 9.62. The van der Waals surface area contributed by atoms with Crippen LogP contribution in [0.5, 0.6) is 0 Å². The first kappa shape index (κ1) is 16.2. The van der Waals surface area contributed by atoms with Gasteiger partial charge >= 0.3 is 5.95 Å². The zero-order chi connectivity index (χ0) is 18.5. The number of hydrogen-bond acceptors (Lipinski definition) is 8. The van der Waals surface area contributed by atoms with Gasteiger partial charge in [-0.15, -0.1) is 16.4 Å². The van der Waals surface area contributed by atoms with Gasteiger partial charge in [0, 0.05) is 9.98 Å². The molecule has 0 fully saturated rings. The van der Waals surface area contributed by atoms with Crippen LogP contribution in [0.2, 0.25) is 0 Å². The van der Waals surface area contributed by atoms with Crippen LogP contribution < -0.4 is 0 Å². The molecule has 4 aromatic heterocycles. The van der Waals surface area contributed by atoms with Gasteiger partial charge in [-0.05, 0) is 35.7 Å². The minimum absolute atomic E-state index is 0.217. The van der Waals surface area contributed by atoms with Gasteiger partial charge in [-0.3, -0.25) is 0 Å². The highest BCUT2D eigenvalue weighted by molar-refractivity contribution is 7.19. The quantitative estimate of drug-likeness (QED) is 0.392. The second kappa shape index (κ2) is 6.05. The van der Waals surface area contributed by atoms with Gasteiger partial charge in [0.05, 0.1) is 5.39 Å². The fourth-order valence-corrected chi connectivity index (χ4v) is 4.99. The normalized spacial score (nSPS) is 16.9. The molecule has 11 heteroatoms. The lowest BCUT2D eigenvalue weighted by atomic mass is 9.86. The van der Waals surface area contributed by atoms with E-state index in [1.165, 1.54) is 34.3 Å². The van der Waals surface area contributed by atoms with Gasteiger partial charge in [0.2, 0.25) is 6.33 Å². The zero-order valence-corrected chi connectivity index (χ0v) is 15.4. The lowest BCUT2D eigenvalue weighted by Gasteiger charge is -2.20. The second-order valence-electron chi connectivity index (χ2n) is 6.74. The van der Waals surface area contributed by atoms with Crippen molar-refractivity contribution in [1.29, 1.82) is 0 Å². The van der Waals surface area contributed by atoms with Gasteiger partial charge in [-0.1, -0.05) is 18.3 Å². The second-order valence-corrected chi connectivity index (χ2v) is 7.82. The Morgan fingerprint density at radius 3 is 3.00 bits per heavy atom. The van der Waals surface area contributed by atoms with Crippen molar-refractivity contribution in [1.82, 2.24) is 34.3 Å². The van der Waals surface area contributed by atoms with Crippen LogP contribution in [0.25, 0.3) is 15.9 Å². The molecule has 5 rings (SSSR count). The smallest absolute Gasteiger partial charge is 0.390 e. The molecule has 1 unspecified atom stereocenters. The number of nitro groups is 1. The van der Waals surface area contributed by atoms with Crippen molar-refractivity contribution in [3.05, 3.63) is 39.0 Å². The molecule has 4 heterocycles. The van der Waals surface area contributed by atoms with Crippen molar-refractivity contribution in [3.63, 3.8) is 0 Å². The molecule has 0 N–H and O–H groups in total. The molecule has 0 bridgehead atoms. The van der Waals surface area contributed by atoms with Gasteiger partial charge in [-0.2, -0.15) is 4.68 Å². The summed E-state index contributed by atoms with van der Waals surface area (Å²) >= 11 is 1.76. The average molecular weight is 384 g/mol. The molecule has 1 aliphatic rings.